The van der Waals surface area contributed by atoms with Gasteiger partial charge in [-0.15, -0.1) is 0 Å². The van der Waals surface area contributed by atoms with E-state index in [9.17, 15) is 9.18 Å². The molecule has 2 aliphatic rings. The third-order valence-electron chi connectivity index (χ3n) is 5.32. The van der Waals surface area contributed by atoms with Crippen molar-refractivity contribution >= 4 is 11.7 Å². The average Bonchev–Trinajstić information content (AvgIpc) is 3.26. The van der Waals surface area contributed by atoms with E-state index in [4.69, 9.17) is 4.74 Å². The Hall–Kier alpha value is -2.64. The van der Waals surface area contributed by atoms with Gasteiger partial charge in [-0.25, -0.2) is 9.18 Å². The smallest absolute Gasteiger partial charge is 0.321 e. The number of nitrogens with zero attached hydrogens (tertiary/aromatic N) is 2. The van der Waals surface area contributed by atoms with Gasteiger partial charge in [-0.05, 0) is 49.4 Å². The molecular weight excluding hydrogens is 359 g/mol. The predicted molar refractivity (Wildman–Crippen MR) is 106 cm³/mol. The third kappa shape index (κ3) is 4.43. The maximum atomic E-state index is 13.7. The van der Waals surface area contributed by atoms with Crippen LogP contribution in [0.15, 0.2) is 48.5 Å². The molecular formula is C21H25FN4O2. The molecule has 2 aromatic rings. The molecule has 2 fully saturated rings. The van der Waals surface area contributed by atoms with Crippen molar-refractivity contribution in [3.05, 3.63) is 54.3 Å². The van der Waals surface area contributed by atoms with Crippen molar-refractivity contribution in [2.45, 2.75) is 12.5 Å². The number of carbonyl (C=O) groups excluding carboxylic acids is 1. The highest BCUT2D eigenvalue weighted by Crippen LogP contribution is 2.25. The van der Waals surface area contributed by atoms with Gasteiger partial charge < -0.3 is 20.3 Å². The van der Waals surface area contributed by atoms with E-state index in [-0.39, 0.29) is 11.8 Å². The average molecular weight is 384 g/mol. The second-order valence-corrected chi connectivity index (χ2v) is 7.16. The summed E-state index contributed by atoms with van der Waals surface area (Å²) in [4.78, 5) is 16.8. The molecule has 0 saturated carbocycles. The number of carbonyl (C=O) groups is 1. The molecule has 2 amide bonds. The van der Waals surface area contributed by atoms with Crippen LogP contribution >= 0.6 is 0 Å². The van der Waals surface area contributed by atoms with Crippen molar-refractivity contribution in [1.29, 1.82) is 0 Å². The topological polar surface area (TPSA) is 56.8 Å². The van der Waals surface area contributed by atoms with Crippen LogP contribution in [0.3, 0.4) is 0 Å². The van der Waals surface area contributed by atoms with Crippen LogP contribution in [0.1, 0.15) is 6.42 Å². The Morgan fingerprint density at radius 2 is 1.82 bits per heavy atom. The zero-order valence-corrected chi connectivity index (χ0v) is 15.7. The number of nitrogens with one attached hydrogen (secondary N) is 2. The van der Waals surface area contributed by atoms with Crippen molar-refractivity contribution < 1.29 is 13.9 Å². The van der Waals surface area contributed by atoms with Gasteiger partial charge in [0.1, 0.15) is 5.75 Å². The van der Waals surface area contributed by atoms with Gasteiger partial charge in [-0.3, -0.25) is 4.90 Å². The number of anilines is 1. The molecule has 4 rings (SSSR count). The molecule has 0 radical (unpaired) electrons. The Kier molecular flexibility index (Phi) is 5.73. The molecule has 6 nitrogen and oxygen atoms in total. The van der Waals surface area contributed by atoms with E-state index in [2.05, 4.69) is 15.5 Å². The number of benzene rings is 2. The summed E-state index contributed by atoms with van der Waals surface area (Å²) in [5.41, 5.74) is 0.688. The minimum absolute atomic E-state index is 0.0908. The zero-order valence-electron chi connectivity index (χ0n) is 15.7. The quantitative estimate of drug-likeness (QED) is 0.850. The number of hydrogen-bond donors (Lipinski definition) is 2. The molecule has 0 bridgehead atoms. The van der Waals surface area contributed by atoms with Gasteiger partial charge in [0.2, 0.25) is 0 Å². The number of hydrogen-bond acceptors (Lipinski definition) is 4. The maximum absolute atomic E-state index is 13.7. The van der Waals surface area contributed by atoms with Crippen LogP contribution in [-0.2, 0) is 0 Å². The molecule has 7 heteroatoms. The summed E-state index contributed by atoms with van der Waals surface area (Å²) in [7, 11) is 0. The fourth-order valence-corrected chi connectivity index (χ4v) is 3.70. The molecule has 0 spiro atoms. The fraction of sp³-hybridized carbons (Fsp3) is 0.381. The minimum atomic E-state index is -0.410. The number of piperazine rings is 1. The first kappa shape index (κ1) is 18.7. The van der Waals surface area contributed by atoms with Gasteiger partial charge in [0.05, 0.1) is 0 Å². The summed E-state index contributed by atoms with van der Waals surface area (Å²) < 4.78 is 19.2. The third-order valence-corrected chi connectivity index (χ3v) is 5.32. The van der Waals surface area contributed by atoms with Gasteiger partial charge >= 0.3 is 6.03 Å². The zero-order chi connectivity index (χ0) is 19.3. The van der Waals surface area contributed by atoms with Crippen LogP contribution < -0.4 is 15.4 Å². The van der Waals surface area contributed by atoms with Crippen molar-refractivity contribution in [1.82, 2.24) is 15.1 Å². The van der Waals surface area contributed by atoms with Crippen molar-refractivity contribution in [3.63, 3.8) is 0 Å². The van der Waals surface area contributed by atoms with Crippen LogP contribution in [0, 0.1) is 5.82 Å². The monoisotopic (exact) mass is 384 g/mol. The van der Waals surface area contributed by atoms with Crippen molar-refractivity contribution in [2.24, 2.45) is 0 Å². The summed E-state index contributed by atoms with van der Waals surface area (Å²) in [5.74, 6) is 0.281. The summed E-state index contributed by atoms with van der Waals surface area (Å²) in [5, 5.41) is 6.32. The van der Waals surface area contributed by atoms with Crippen molar-refractivity contribution in [3.8, 4) is 11.5 Å². The fourth-order valence-electron chi connectivity index (χ4n) is 3.70. The largest absolute Gasteiger partial charge is 0.454 e. The first-order valence-electron chi connectivity index (χ1n) is 9.72. The second-order valence-electron chi connectivity index (χ2n) is 7.16. The van der Waals surface area contributed by atoms with Crippen LogP contribution in [0.2, 0.25) is 0 Å². The van der Waals surface area contributed by atoms with Crippen molar-refractivity contribution in [2.75, 3.05) is 44.6 Å². The van der Waals surface area contributed by atoms with E-state index in [1.165, 1.54) is 12.5 Å². The molecule has 2 heterocycles. The molecule has 1 atom stereocenters. The molecule has 28 heavy (non-hydrogen) atoms. The van der Waals surface area contributed by atoms with E-state index < -0.39 is 5.82 Å². The molecule has 2 N–H and O–H groups in total. The number of ether oxygens (including phenoxy) is 1. The second kappa shape index (κ2) is 8.58. The first-order chi connectivity index (χ1) is 13.7. The Balaban J connectivity index is 1.28. The van der Waals surface area contributed by atoms with Gasteiger partial charge in [-0.2, -0.15) is 0 Å². The minimum Gasteiger partial charge on any atom is -0.454 e. The van der Waals surface area contributed by atoms with E-state index in [1.807, 2.05) is 4.90 Å². The molecule has 0 aromatic heterocycles. The maximum Gasteiger partial charge on any atom is 0.321 e. The first-order valence-corrected chi connectivity index (χ1v) is 9.72. The van der Waals surface area contributed by atoms with Crippen LogP contribution in [0.4, 0.5) is 14.9 Å². The lowest BCUT2D eigenvalue weighted by atomic mass is 10.2. The lowest BCUT2D eigenvalue weighted by molar-refractivity contribution is 0.119. The highest BCUT2D eigenvalue weighted by Gasteiger charge is 2.27. The summed E-state index contributed by atoms with van der Waals surface area (Å²) in [6.07, 6.45) is 1.19. The number of urea groups is 1. The normalized spacial score (nSPS) is 20.2. The van der Waals surface area contributed by atoms with Gasteiger partial charge in [-0.1, -0.05) is 12.1 Å². The number of para-hydroxylation sites is 1. The van der Waals surface area contributed by atoms with E-state index in [0.29, 0.717) is 17.5 Å². The lowest BCUT2D eigenvalue weighted by Crippen LogP contribution is -2.53. The number of rotatable bonds is 4. The standard InChI is InChI=1S/C21H25FN4O2/c22-19-3-1-2-4-20(19)28-18-7-5-16(6-8-18)24-21(27)26-13-11-25(12-14-26)17-9-10-23-15-17/h1-8,17,23H,9-15H2,(H,24,27)/t17-/m0/s1. The molecule has 2 aromatic carbocycles. The van der Waals surface area contributed by atoms with Gasteiger partial charge in [0.15, 0.2) is 11.6 Å². The molecule has 2 saturated heterocycles. The molecule has 2 aliphatic heterocycles. The molecule has 0 aliphatic carbocycles. The highest BCUT2D eigenvalue weighted by atomic mass is 19.1. The highest BCUT2D eigenvalue weighted by molar-refractivity contribution is 5.89. The number of amides is 2. The van der Waals surface area contributed by atoms with E-state index in [0.717, 1.165) is 39.3 Å². The Labute approximate surface area is 164 Å². The van der Waals surface area contributed by atoms with Crippen LogP contribution in [0.5, 0.6) is 11.5 Å². The Morgan fingerprint density at radius 1 is 1.07 bits per heavy atom. The van der Waals surface area contributed by atoms with Crippen LogP contribution in [-0.4, -0.2) is 61.1 Å². The predicted octanol–water partition coefficient (Wildman–Crippen LogP) is 3.13. The Bertz CT molecular complexity index is 800. The van der Waals surface area contributed by atoms with Crippen LogP contribution in [0.25, 0.3) is 0 Å². The SMILES string of the molecule is O=C(Nc1ccc(Oc2ccccc2F)cc1)N1CCN([C@H]2CCNC2)CC1. The molecule has 0 unspecified atom stereocenters. The van der Waals surface area contributed by atoms with E-state index in [1.54, 1.807) is 42.5 Å². The molecule has 148 valence electrons. The van der Waals surface area contributed by atoms with Gasteiger partial charge in [0, 0.05) is 44.5 Å². The lowest BCUT2D eigenvalue weighted by Gasteiger charge is -2.37. The number of halogens is 1. The Morgan fingerprint density at radius 3 is 2.50 bits per heavy atom. The summed E-state index contributed by atoms with van der Waals surface area (Å²) in [6, 6.07) is 13.7. The van der Waals surface area contributed by atoms with Gasteiger partial charge in [0.25, 0.3) is 0 Å². The summed E-state index contributed by atoms with van der Waals surface area (Å²) >= 11 is 0. The summed E-state index contributed by atoms with van der Waals surface area (Å²) in [6.45, 7) is 5.42. The van der Waals surface area contributed by atoms with E-state index >= 15 is 0 Å².